The minimum Gasteiger partial charge on any atom is -0.484 e. The highest BCUT2D eigenvalue weighted by Gasteiger charge is 2.13. The summed E-state index contributed by atoms with van der Waals surface area (Å²) in [6, 6.07) is 17.4. The lowest BCUT2D eigenvalue weighted by atomic mass is 10.1. The average molecular weight is 462 g/mol. The number of hydrogen-bond donors (Lipinski definition) is 3. The molecule has 8 nitrogen and oxygen atoms in total. The van der Waals surface area contributed by atoms with Gasteiger partial charge in [0.05, 0.1) is 6.21 Å². The van der Waals surface area contributed by atoms with E-state index < -0.39 is 17.6 Å². The van der Waals surface area contributed by atoms with Gasteiger partial charge >= 0.3 is 11.8 Å². The Morgan fingerprint density at radius 2 is 1.71 bits per heavy atom. The third-order valence-corrected chi connectivity index (χ3v) is 4.57. The number of halogens is 1. The van der Waals surface area contributed by atoms with Gasteiger partial charge in [-0.3, -0.25) is 14.4 Å². The van der Waals surface area contributed by atoms with Crippen molar-refractivity contribution in [3.63, 3.8) is 0 Å². The molecule has 3 aromatic carbocycles. The predicted octanol–water partition coefficient (Wildman–Crippen LogP) is 3.55. The SMILES string of the molecule is Cc1ccc(NC(=O)COc2cccc(/C=N\NC(=O)C(=O)Nc3ccc(F)cc3)c2)c(C)c1. The van der Waals surface area contributed by atoms with Crippen molar-refractivity contribution in [2.45, 2.75) is 13.8 Å². The van der Waals surface area contributed by atoms with Crippen molar-refractivity contribution in [2.24, 2.45) is 5.10 Å². The van der Waals surface area contributed by atoms with Gasteiger partial charge in [0.2, 0.25) is 0 Å². The van der Waals surface area contributed by atoms with Crippen LogP contribution in [0.2, 0.25) is 0 Å². The number of aryl methyl sites for hydroxylation is 2. The maximum Gasteiger partial charge on any atom is 0.329 e. The molecule has 3 aromatic rings. The molecule has 0 heterocycles. The molecule has 0 saturated carbocycles. The number of nitrogens with one attached hydrogen (secondary N) is 3. The molecule has 3 N–H and O–H groups in total. The molecular formula is C25H23FN4O4. The molecule has 0 radical (unpaired) electrons. The molecule has 0 aliphatic heterocycles. The van der Waals surface area contributed by atoms with Gasteiger partial charge in [-0.05, 0) is 67.4 Å². The van der Waals surface area contributed by atoms with E-state index in [1.165, 1.54) is 18.3 Å². The Morgan fingerprint density at radius 3 is 2.44 bits per heavy atom. The first kappa shape index (κ1) is 24.1. The molecule has 34 heavy (non-hydrogen) atoms. The summed E-state index contributed by atoms with van der Waals surface area (Å²) >= 11 is 0. The Bertz CT molecular complexity index is 1230. The topological polar surface area (TPSA) is 109 Å². The fourth-order valence-electron chi connectivity index (χ4n) is 2.91. The van der Waals surface area contributed by atoms with Crippen molar-refractivity contribution in [3.8, 4) is 5.75 Å². The Kier molecular flexibility index (Phi) is 8.07. The molecule has 0 unspecified atom stereocenters. The Labute approximate surface area is 195 Å². The summed E-state index contributed by atoms with van der Waals surface area (Å²) < 4.78 is 18.4. The van der Waals surface area contributed by atoms with E-state index in [0.29, 0.717) is 11.3 Å². The van der Waals surface area contributed by atoms with E-state index in [2.05, 4.69) is 21.2 Å². The number of carbonyl (C=O) groups is 3. The maximum atomic E-state index is 12.9. The summed E-state index contributed by atoms with van der Waals surface area (Å²) in [6.07, 6.45) is 1.33. The van der Waals surface area contributed by atoms with Crippen molar-refractivity contribution in [1.82, 2.24) is 5.43 Å². The van der Waals surface area contributed by atoms with Crippen LogP contribution in [0.3, 0.4) is 0 Å². The molecule has 3 rings (SSSR count). The highest BCUT2D eigenvalue weighted by atomic mass is 19.1. The second-order valence-electron chi connectivity index (χ2n) is 7.39. The molecule has 0 bridgehead atoms. The third-order valence-electron chi connectivity index (χ3n) is 4.57. The third kappa shape index (κ3) is 7.27. The summed E-state index contributed by atoms with van der Waals surface area (Å²) in [6.45, 7) is 3.71. The van der Waals surface area contributed by atoms with Gasteiger partial charge in [-0.2, -0.15) is 5.10 Å². The van der Waals surface area contributed by atoms with E-state index in [-0.39, 0.29) is 18.2 Å². The van der Waals surface area contributed by atoms with Gasteiger partial charge in [0.1, 0.15) is 11.6 Å². The first-order valence-corrected chi connectivity index (χ1v) is 10.3. The predicted molar refractivity (Wildman–Crippen MR) is 127 cm³/mol. The number of amides is 3. The minimum absolute atomic E-state index is 0.186. The second-order valence-corrected chi connectivity index (χ2v) is 7.39. The molecule has 0 spiro atoms. The fourth-order valence-corrected chi connectivity index (χ4v) is 2.91. The van der Waals surface area contributed by atoms with E-state index in [9.17, 15) is 18.8 Å². The number of hydrazone groups is 1. The molecule has 0 aliphatic rings. The first-order valence-electron chi connectivity index (χ1n) is 10.3. The van der Waals surface area contributed by atoms with Crippen LogP contribution in [0.25, 0.3) is 0 Å². The Balaban J connectivity index is 1.48. The lowest BCUT2D eigenvalue weighted by Crippen LogP contribution is -2.32. The molecule has 0 atom stereocenters. The van der Waals surface area contributed by atoms with Crippen LogP contribution in [-0.4, -0.2) is 30.5 Å². The van der Waals surface area contributed by atoms with Crippen LogP contribution < -0.4 is 20.8 Å². The van der Waals surface area contributed by atoms with E-state index in [4.69, 9.17) is 4.74 Å². The van der Waals surface area contributed by atoms with E-state index >= 15 is 0 Å². The highest BCUT2D eigenvalue weighted by molar-refractivity contribution is 6.39. The molecule has 3 amide bonds. The minimum atomic E-state index is -0.990. The molecule has 0 fully saturated rings. The summed E-state index contributed by atoms with van der Waals surface area (Å²) in [7, 11) is 0. The van der Waals surface area contributed by atoms with Gasteiger partial charge in [0.25, 0.3) is 5.91 Å². The average Bonchev–Trinajstić information content (AvgIpc) is 2.81. The van der Waals surface area contributed by atoms with Gasteiger partial charge in [-0.25, -0.2) is 9.82 Å². The van der Waals surface area contributed by atoms with Crippen molar-refractivity contribution >= 4 is 35.3 Å². The molecule has 0 aromatic heterocycles. The number of ether oxygens (including phenoxy) is 1. The number of hydrogen-bond acceptors (Lipinski definition) is 5. The standard InChI is InChI=1S/C25H23FN4O4/c1-16-6-11-22(17(2)12-16)29-23(31)15-34-21-5-3-4-18(13-21)14-27-30-25(33)24(32)28-20-9-7-19(26)8-10-20/h3-14H,15H2,1-2H3,(H,28,32)(H,29,31)(H,30,33)/b27-14-. The van der Waals surface area contributed by atoms with Crippen molar-refractivity contribution in [1.29, 1.82) is 0 Å². The van der Waals surface area contributed by atoms with Crippen LogP contribution in [0.15, 0.2) is 71.8 Å². The quantitative estimate of drug-likeness (QED) is 0.283. The molecule has 174 valence electrons. The smallest absolute Gasteiger partial charge is 0.329 e. The summed E-state index contributed by atoms with van der Waals surface area (Å²) in [5.74, 6) is -2.27. The number of benzene rings is 3. The first-order chi connectivity index (χ1) is 16.3. The van der Waals surface area contributed by atoms with Gasteiger partial charge < -0.3 is 15.4 Å². The van der Waals surface area contributed by atoms with Crippen LogP contribution in [-0.2, 0) is 14.4 Å². The summed E-state index contributed by atoms with van der Waals surface area (Å²) in [5.41, 5.74) is 5.74. The second kappa shape index (κ2) is 11.4. The van der Waals surface area contributed by atoms with Gasteiger partial charge in [-0.1, -0.05) is 29.8 Å². The van der Waals surface area contributed by atoms with Crippen molar-refractivity contribution in [3.05, 3.63) is 89.2 Å². The van der Waals surface area contributed by atoms with Crippen LogP contribution in [0, 0.1) is 19.7 Å². The van der Waals surface area contributed by atoms with E-state index in [1.54, 1.807) is 24.3 Å². The number of rotatable bonds is 7. The molecule has 0 aliphatic carbocycles. The van der Waals surface area contributed by atoms with E-state index in [1.807, 2.05) is 32.0 Å². The van der Waals surface area contributed by atoms with E-state index in [0.717, 1.165) is 28.9 Å². The van der Waals surface area contributed by atoms with Gasteiger partial charge in [0.15, 0.2) is 6.61 Å². The Hall–Kier alpha value is -4.53. The number of nitrogens with zero attached hydrogens (tertiary/aromatic N) is 1. The van der Waals surface area contributed by atoms with Crippen LogP contribution in [0.1, 0.15) is 16.7 Å². The maximum absolute atomic E-state index is 12.9. The zero-order valence-corrected chi connectivity index (χ0v) is 18.6. The lowest BCUT2D eigenvalue weighted by molar-refractivity contribution is -0.136. The zero-order valence-electron chi connectivity index (χ0n) is 18.6. The number of anilines is 2. The molecular weight excluding hydrogens is 439 g/mol. The van der Waals surface area contributed by atoms with Crippen LogP contribution in [0.5, 0.6) is 5.75 Å². The number of carbonyl (C=O) groups excluding carboxylic acids is 3. The lowest BCUT2D eigenvalue weighted by Gasteiger charge is -2.10. The van der Waals surface area contributed by atoms with Crippen LogP contribution >= 0.6 is 0 Å². The van der Waals surface area contributed by atoms with Crippen LogP contribution in [0.4, 0.5) is 15.8 Å². The van der Waals surface area contributed by atoms with Crippen molar-refractivity contribution in [2.75, 3.05) is 17.2 Å². The molecule has 0 saturated heterocycles. The largest absolute Gasteiger partial charge is 0.484 e. The summed E-state index contributed by atoms with van der Waals surface area (Å²) in [5, 5.41) is 8.88. The van der Waals surface area contributed by atoms with Gasteiger partial charge in [0, 0.05) is 11.4 Å². The van der Waals surface area contributed by atoms with Crippen molar-refractivity contribution < 1.29 is 23.5 Å². The zero-order chi connectivity index (χ0) is 24.5. The highest BCUT2D eigenvalue weighted by Crippen LogP contribution is 2.16. The fraction of sp³-hybridized carbons (Fsp3) is 0.120. The molecule has 9 heteroatoms. The normalized spacial score (nSPS) is 10.6. The Morgan fingerprint density at radius 1 is 0.941 bits per heavy atom. The van der Waals surface area contributed by atoms with Gasteiger partial charge in [-0.15, -0.1) is 0 Å². The summed E-state index contributed by atoms with van der Waals surface area (Å²) in [4.78, 5) is 35.9. The monoisotopic (exact) mass is 462 g/mol.